The van der Waals surface area contributed by atoms with Crippen LogP contribution in [0.15, 0.2) is 41.7 Å². The lowest BCUT2D eigenvalue weighted by Gasteiger charge is -2.11. The lowest BCUT2D eigenvalue weighted by atomic mass is 10.3. The summed E-state index contributed by atoms with van der Waals surface area (Å²) in [6.45, 7) is 3.37. The van der Waals surface area contributed by atoms with E-state index in [1.54, 1.807) is 14.2 Å². The van der Waals surface area contributed by atoms with Gasteiger partial charge in [-0.3, -0.25) is 4.99 Å². The molecule has 1 heterocycles. The van der Waals surface area contributed by atoms with E-state index in [0.29, 0.717) is 31.4 Å². The Kier molecular flexibility index (Phi) is 12.1. The van der Waals surface area contributed by atoms with Crippen LogP contribution in [0, 0.1) is 0 Å². The fraction of sp³-hybridized carbons (Fsp3) is 0.444. The molecular formula is C18H27ClIN5O2. The largest absolute Gasteiger partial charge is 0.382 e. The SMILES string of the molecule is CN=C(NCCCOCCOC)NCc1cnn(-c2ccc(Cl)cc2)c1.I. The van der Waals surface area contributed by atoms with Crippen LogP contribution in [-0.4, -0.2) is 56.3 Å². The van der Waals surface area contributed by atoms with Gasteiger partial charge >= 0.3 is 0 Å². The molecule has 0 spiro atoms. The molecule has 0 aliphatic carbocycles. The Morgan fingerprint density at radius 1 is 1.19 bits per heavy atom. The molecule has 0 radical (unpaired) electrons. The van der Waals surface area contributed by atoms with Crippen molar-refractivity contribution < 1.29 is 9.47 Å². The highest BCUT2D eigenvalue weighted by atomic mass is 127. The van der Waals surface area contributed by atoms with E-state index >= 15 is 0 Å². The summed E-state index contributed by atoms with van der Waals surface area (Å²) in [5, 5.41) is 11.6. The maximum Gasteiger partial charge on any atom is 0.191 e. The summed E-state index contributed by atoms with van der Waals surface area (Å²) >= 11 is 5.92. The average molecular weight is 508 g/mol. The number of hydrogen-bond donors (Lipinski definition) is 2. The second kappa shape index (κ2) is 13.8. The van der Waals surface area contributed by atoms with E-state index in [9.17, 15) is 0 Å². The minimum atomic E-state index is 0. The van der Waals surface area contributed by atoms with E-state index < -0.39 is 0 Å². The van der Waals surface area contributed by atoms with Crippen molar-refractivity contribution in [2.24, 2.45) is 4.99 Å². The number of nitrogens with zero attached hydrogens (tertiary/aromatic N) is 3. The molecule has 27 heavy (non-hydrogen) atoms. The zero-order chi connectivity index (χ0) is 18.6. The summed E-state index contributed by atoms with van der Waals surface area (Å²) in [7, 11) is 3.42. The number of aromatic nitrogens is 2. The van der Waals surface area contributed by atoms with Gasteiger partial charge in [-0.25, -0.2) is 4.68 Å². The molecule has 0 atom stereocenters. The van der Waals surface area contributed by atoms with Crippen LogP contribution >= 0.6 is 35.6 Å². The zero-order valence-corrected chi connectivity index (χ0v) is 18.7. The van der Waals surface area contributed by atoms with E-state index in [-0.39, 0.29) is 24.0 Å². The molecule has 1 aromatic heterocycles. The summed E-state index contributed by atoms with van der Waals surface area (Å²) in [4.78, 5) is 4.22. The van der Waals surface area contributed by atoms with E-state index in [1.165, 1.54) is 0 Å². The number of halogens is 2. The molecule has 0 fully saturated rings. The van der Waals surface area contributed by atoms with Gasteiger partial charge < -0.3 is 20.1 Å². The predicted molar refractivity (Wildman–Crippen MR) is 120 cm³/mol. The smallest absolute Gasteiger partial charge is 0.191 e. The maximum atomic E-state index is 5.92. The van der Waals surface area contributed by atoms with Crippen LogP contribution in [0.1, 0.15) is 12.0 Å². The van der Waals surface area contributed by atoms with Gasteiger partial charge in [0.25, 0.3) is 0 Å². The van der Waals surface area contributed by atoms with Gasteiger partial charge in [-0.05, 0) is 30.7 Å². The molecule has 0 amide bonds. The first kappa shape index (κ1) is 23.7. The van der Waals surface area contributed by atoms with Crippen LogP contribution < -0.4 is 10.6 Å². The fourth-order valence-electron chi connectivity index (χ4n) is 2.22. The summed E-state index contributed by atoms with van der Waals surface area (Å²) in [5.41, 5.74) is 2.03. The molecule has 150 valence electrons. The van der Waals surface area contributed by atoms with Crippen LogP contribution in [0.5, 0.6) is 0 Å². The van der Waals surface area contributed by atoms with Crippen LogP contribution in [-0.2, 0) is 16.0 Å². The maximum absolute atomic E-state index is 5.92. The van der Waals surface area contributed by atoms with Gasteiger partial charge in [0, 0.05) is 50.6 Å². The average Bonchev–Trinajstić information content (AvgIpc) is 3.13. The highest BCUT2D eigenvalue weighted by Crippen LogP contribution is 2.13. The number of rotatable bonds is 10. The number of hydrogen-bond acceptors (Lipinski definition) is 4. The molecule has 0 bridgehead atoms. The fourth-order valence-corrected chi connectivity index (χ4v) is 2.34. The van der Waals surface area contributed by atoms with Crippen molar-refractivity contribution in [3.05, 3.63) is 47.2 Å². The van der Waals surface area contributed by atoms with Gasteiger partial charge in [0.05, 0.1) is 25.1 Å². The molecule has 2 rings (SSSR count). The van der Waals surface area contributed by atoms with Crippen molar-refractivity contribution >= 4 is 41.5 Å². The van der Waals surface area contributed by atoms with E-state index in [1.807, 2.05) is 41.3 Å². The molecule has 0 aliphatic rings. The van der Waals surface area contributed by atoms with Crippen LogP contribution in [0.25, 0.3) is 5.69 Å². The van der Waals surface area contributed by atoms with Crippen molar-refractivity contribution in [3.8, 4) is 5.69 Å². The summed E-state index contributed by atoms with van der Waals surface area (Å²) in [5.74, 6) is 0.751. The second-order valence-electron chi connectivity index (χ2n) is 5.58. The Morgan fingerprint density at radius 2 is 1.96 bits per heavy atom. The van der Waals surface area contributed by atoms with Crippen molar-refractivity contribution in [1.82, 2.24) is 20.4 Å². The molecule has 7 nitrogen and oxygen atoms in total. The van der Waals surface area contributed by atoms with Crippen LogP contribution in [0.3, 0.4) is 0 Å². The van der Waals surface area contributed by atoms with Crippen molar-refractivity contribution in [2.75, 3.05) is 40.5 Å². The third kappa shape index (κ3) is 8.91. The minimum absolute atomic E-state index is 0. The first-order valence-corrected chi connectivity index (χ1v) is 8.91. The Morgan fingerprint density at radius 3 is 2.67 bits per heavy atom. The van der Waals surface area contributed by atoms with Crippen molar-refractivity contribution in [1.29, 1.82) is 0 Å². The first-order valence-electron chi connectivity index (χ1n) is 8.53. The lowest BCUT2D eigenvalue weighted by Crippen LogP contribution is -2.37. The van der Waals surface area contributed by atoms with E-state index in [0.717, 1.165) is 30.2 Å². The Hall–Kier alpha value is -1.36. The quantitative estimate of drug-likeness (QED) is 0.224. The normalized spacial score (nSPS) is 11.1. The number of ether oxygens (including phenoxy) is 2. The van der Waals surface area contributed by atoms with E-state index in [4.69, 9.17) is 21.1 Å². The standard InChI is InChI=1S/C18H26ClN5O2.HI/c1-20-18(21-8-3-9-26-11-10-25-2)22-12-15-13-23-24(14-15)17-6-4-16(19)5-7-17;/h4-7,13-14H,3,8-12H2,1-2H3,(H2,20,21,22);1H. The Balaban J connectivity index is 0.00000364. The summed E-state index contributed by atoms with van der Waals surface area (Å²) in [6.07, 6.45) is 4.71. The molecule has 2 aromatic rings. The van der Waals surface area contributed by atoms with Crippen LogP contribution in [0.2, 0.25) is 5.02 Å². The van der Waals surface area contributed by atoms with Gasteiger partial charge in [0.1, 0.15) is 0 Å². The number of methoxy groups -OCH3 is 1. The number of aliphatic imine (C=N–C) groups is 1. The van der Waals surface area contributed by atoms with E-state index in [2.05, 4.69) is 20.7 Å². The van der Waals surface area contributed by atoms with Gasteiger partial charge in [0.15, 0.2) is 5.96 Å². The lowest BCUT2D eigenvalue weighted by molar-refractivity contribution is 0.0698. The third-order valence-corrected chi connectivity index (χ3v) is 3.85. The molecular weight excluding hydrogens is 481 g/mol. The molecule has 0 saturated carbocycles. The van der Waals surface area contributed by atoms with Gasteiger partial charge in [-0.15, -0.1) is 24.0 Å². The molecule has 1 aromatic carbocycles. The number of nitrogens with one attached hydrogen (secondary N) is 2. The first-order chi connectivity index (χ1) is 12.7. The summed E-state index contributed by atoms with van der Waals surface area (Å²) in [6, 6.07) is 7.56. The second-order valence-corrected chi connectivity index (χ2v) is 6.02. The molecule has 0 saturated heterocycles. The number of guanidine groups is 1. The monoisotopic (exact) mass is 507 g/mol. The zero-order valence-electron chi connectivity index (χ0n) is 15.7. The minimum Gasteiger partial charge on any atom is -0.382 e. The van der Waals surface area contributed by atoms with Gasteiger partial charge in [-0.1, -0.05) is 11.6 Å². The van der Waals surface area contributed by atoms with Gasteiger partial charge in [0.2, 0.25) is 0 Å². The topological polar surface area (TPSA) is 72.7 Å². The number of benzene rings is 1. The predicted octanol–water partition coefficient (Wildman–Crippen LogP) is 2.86. The highest BCUT2D eigenvalue weighted by Gasteiger charge is 2.03. The summed E-state index contributed by atoms with van der Waals surface area (Å²) < 4.78 is 12.2. The Labute approximate surface area is 182 Å². The molecule has 0 unspecified atom stereocenters. The van der Waals surface area contributed by atoms with Crippen molar-refractivity contribution in [3.63, 3.8) is 0 Å². The van der Waals surface area contributed by atoms with Crippen LogP contribution in [0.4, 0.5) is 0 Å². The molecule has 9 heteroatoms. The van der Waals surface area contributed by atoms with Gasteiger partial charge in [-0.2, -0.15) is 5.10 Å². The third-order valence-electron chi connectivity index (χ3n) is 3.60. The highest BCUT2D eigenvalue weighted by molar-refractivity contribution is 14.0. The molecule has 0 aliphatic heterocycles. The molecule has 2 N–H and O–H groups in total. The van der Waals surface area contributed by atoms with Crippen molar-refractivity contribution in [2.45, 2.75) is 13.0 Å². The Bertz CT molecular complexity index is 679.